The molecule has 1 amide bonds. The van der Waals surface area contributed by atoms with Crippen molar-refractivity contribution in [2.45, 2.75) is 6.92 Å². The molecule has 0 aliphatic carbocycles. The fourth-order valence-corrected chi connectivity index (χ4v) is 1.44. The maximum Gasteiger partial charge on any atom is 0.330 e. The van der Waals surface area contributed by atoms with E-state index in [0.29, 0.717) is 10.7 Å². The van der Waals surface area contributed by atoms with Gasteiger partial charge < -0.3 is 10.1 Å². The molecule has 0 spiro atoms. The highest BCUT2D eigenvalue weighted by Crippen LogP contribution is 2.24. The van der Waals surface area contributed by atoms with Crippen LogP contribution in [0.1, 0.15) is 5.56 Å². The summed E-state index contributed by atoms with van der Waals surface area (Å²) in [5.74, 6) is -1.03. The summed E-state index contributed by atoms with van der Waals surface area (Å²) in [7, 11) is 1.24. The van der Waals surface area contributed by atoms with E-state index in [1.165, 1.54) is 7.11 Å². The normalized spacial score (nSPS) is 10.3. The van der Waals surface area contributed by atoms with Crippen LogP contribution in [0.4, 0.5) is 5.69 Å². The largest absolute Gasteiger partial charge is 0.466 e. The first-order valence-corrected chi connectivity index (χ1v) is 5.24. The average molecular weight is 254 g/mol. The molecule has 1 aromatic rings. The van der Waals surface area contributed by atoms with E-state index in [9.17, 15) is 9.59 Å². The Morgan fingerprint density at radius 2 is 2.06 bits per heavy atom. The van der Waals surface area contributed by atoms with Crippen molar-refractivity contribution in [1.82, 2.24) is 0 Å². The number of halogens is 1. The lowest BCUT2D eigenvalue weighted by Crippen LogP contribution is -2.10. The van der Waals surface area contributed by atoms with Gasteiger partial charge in [-0.3, -0.25) is 4.79 Å². The molecule has 0 aromatic heterocycles. The minimum atomic E-state index is -0.587. The van der Waals surface area contributed by atoms with E-state index in [1.807, 2.05) is 13.0 Å². The van der Waals surface area contributed by atoms with Crippen LogP contribution in [0.25, 0.3) is 0 Å². The van der Waals surface area contributed by atoms with Crippen LogP contribution < -0.4 is 5.32 Å². The van der Waals surface area contributed by atoms with Gasteiger partial charge in [0, 0.05) is 12.2 Å². The molecule has 1 N–H and O–H groups in total. The van der Waals surface area contributed by atoms with Gasteiger partial charge in [-0.1, -0.05) is 23.7 Å². The van der Waals surface area contributed by atoms with Crippen LogP contribution >= 0.6 is 11.6 Å². The zero-order valence-electron chi connectivity index (χ0n) is 9.49. The quantitative estimate of drug-likeness (QED) is 0.664. The van der Waals surface area contributed by atoms with Crippen LogP contribution in [0, 0.1) is 6.92 Å². The van der Waals surface area contributed by atoms with Gasteiger partial charge in [0.25, 0.3) is 0 Å². The third-order valence-electron chi connectivity index (χ3n) is 2.04. The number of benzene rings is 1. The van der Waals surface area contributed by atoms with Crippen molar-refractivity contribution in [1.29, 1.82) is 0 Å². The Kier molecular flexibility index (Phi) is 4.72. The summed E-state index contributed by atoms with van der Waals surface area (Å²) >= 11 is 5.93. The zero-order valence-corrected chi connectivity index (χ0v) is 10.2. The Morgan fingerprint density at radius 3 is 2.65 bits per heavy atom. The molecule has 90 valence electrons. The molecule has 0 unspecified atom stereocenters. The molecular formula is C12H12ClNO3. The molecule has 0 atom stereocenters. The lowest BCUT2D eigenvalue weighted by atomic mass is 10.2. The zero-order chi connectivity index (χ0) is 12.8. The predicted molar refractivity (Wildman–Crippen MR) is 66.0 cm³/mol. The van der Waals surface area contributed by atoms with E-state index in [4.69, 9.17) is 11.6 Å². The second-order valence-corrected chi connectivity index (χ2v) is 3.68. The summed E-state index contributed by atoms with van der Waals surface area (Å²) in [5.41, 5.74) is 1.38. The van der Waals surface area contributed by atoms with E-state index in [1.54, 1.807) is 12.1 Å². The monoisotopic (exact) mass is 253 g/mol. The third-order valence-corrected chi connectivity index (χ3v) is 2.36. The summed E-state index contributed by atoms with van der Waals surface area (Å²) in [6, 6.07) is 5.29. The molecule has 0 aliphatic heterocycles. The average Bonchev–Trinajstić information content (AvgIpc) is 2.31. The van der Waals surface area contributed by atoms with Gasteiger partial charge in [-0.2, -0.15) is 0 Å². The molecule has 0 heterocycles. The van der Waals surface area contributed by atoms with Gasteiger partial charge in [0.1, 0.15) is 0 Å². The predicted octanol–water partition coefficient (Wildman–Crippen LogP) is 2.32. The first kappa shape index (κ1) is 13.3. The Hall–Kier alpha value is -1.81. The van der Waals surface area contributed by atoms with Gasteiger partial charge in [-0.15, -0.1) is 0 Å². The molecule has 0 bridgehead atoms. The molecule has 0 aliphatic rings. The number of amides is 1. The molecule has 0 saturated carbocycles. The number of hydrogen-bond donors (Lipinski definition) is 1. The highest BCUT2D eigenvalue weighted by molar-refractivity contribution is 6.34. The maximum atomic E-state index is 11.5. The number of aryl methyl sites for hydroxylation is 1. The summed E-state index contributed by atoms with van der Waals surface area (Å²) in [5, 5.41) is 3.04. The molecule has 4 nitrogen and oxygen atoms in total. The SMILES string of the molecule is COC(=O)/C=C\C(=O)Nc1c(C)cccc1Cl. The van der Waals surface area contributed by atoms with E-state index in [2.05, 4.69) is 10.1 Å². The molecular weight excluding hydrogens is 242 g/mol. The number of para-hydroxylation sites is 1. The highest BCUT2D eigenvalue weighted by atomic mass is 35.5. The minimum absolute atomic E-state index is 0.438. The van der Waals surface area contributed by atoms with Crippen LogP contribution in [0.5, 0.6) is 0 Å². The first-order valence-electron chi connectivity index (χ1n) is 4.86. The van der Waals surface area contributed by atoms with Crippen molar-refractivity contribution >= 4 is 29.2 Å². The van der Waals surface area contributed by atoms with Crippen LogP contribution in [-0.2, 0) is 14.3 Å². The molecule has 1 aromatic carbocycles. The summed E-state index contributed by atoms with van der Waals surface area (Å²) in [6.45, 7) is 1.82. The Labute approximate surface area is 104 Å². The topological polar surface area (TPSA) is 55.4 Å². The van der Waals surface area contributed by atoms with E-state index in [-0.39, 0.29) is 0 Å². The number of ether oxygens (including phenoxy) is 1. The lowest BCUT2D eigenvalue weighted by Gasteiger charge is -2.07. The van der Waals surface area contributed by atoms with E-state index >= 15 is 0 Å². The molecule has 0 saturated heterocycles. The van der Waals surface area contributed by atoms with Gasteiger partial charge in [0.05, 0.1) is 17.8 Å². The molecule has 1 rings (SSSR count). The molecule has 0 fully saturated rings. The maximum absolute atomic E-state index is 11.5. The number of carbonyl (C=O) groups excluding carboxylic acids is 2. The van der Waals surface area contributed by atoms with Crippen molar-refractivity contribution in [3.05, 3.63) is 40.9 Å². The minimum Gasteiger partial charge on any atom is -0.466 e. The standard InChI is InChI=1S/C12H12ClNO3/c1-8-4-3-5-9(13)12(8)14-10(15)6-7-11(16)17-2/h3-7H,1-2H3,(H,14,15)/b7-6-. The Balaban J connectivity index is 2.75. The second kappa shape index (κ2) is 6.06. The van der Waals surface area contributed by atoms with Gasteiger partial charge in [-0.05, 0) is 18.6 Å². The molecule has 5 heteroatoms. The van der Waals surface area contributed by atoms with Gasteiger partial charge in [0.2, 0.25) is 5.91 Å². The Morgan fingerprint density at radius 1 is 1.35 bits per heavy atom. The second-order valence-electron chi connectivity index (χ2n) is 3.28. The van der Waals surface area contributed by atoms with Crippen molar-refractivity contribution < 1.29 is 14.3 Å². The van der Waals surface area contributed by atoms with Crippen molar-refractivity contribution in [3.63, 3.8) is 0 Å². The number of rotatable bonds is 3. The lowest BCUT2D eigenvalue weighted by molar-refractivity contribution is -0.135. The number of methoxy groups -OCH3 is 1. The van der Waals surface area contributed by atoms with E-state index in [0.717, 1.165) is 17.7 Å². The van der Waals surface area contributed by atoms with Crippen molar-refractivity contribution in [3.8, 4) is 0 Å². The summed E-state index contributed by atoms with van der Waals surface area (Å²) < 4.78 is 4.37. The van der Waals surface area contributed by atoms with Gasteiger partial charge >= 0.3 is 5.97 Å². The summed E-state index contributed by atoms with van der Waals surface area (Å²) in [4.78, 5) is 22.3. The van der Waals surface area contributed by atoms with Crippen molar-refractivity contribution in [2.24, 2.45) is 0 Å². The number of carbonyl (C=O) groups is 2. The fraction of sp³-hybridized carbons (Fsp3) is 0.167. The Bertz CT molecular complexity index is 449. The smallest absolute Gasteiger partial charge is 0.330 e. The highest BCUT2D eigenvalue weighted by Gasteiger charge is 2.06. The molecule has 0 radical (unpaired) electrons. The third kappa shape index (κ3) is 3.92. The first-order chi connectivity index (χ1) is 8.04. The van der Waals surface area contributed by atoms with Crippen LogP contribution in [0.15, 0.2) is 30.4 Å². The van der Waals surface area contributed by atoms with Crippen molar-refractivity contribution in [2.75, 3.05) is 12.4 Å². The van der Waals surface area contributed by atoms with Crippen LogP contribution in [0.3, 0.4) is 0 Å². The number of anilines is 1. The van der Waals surface area contributed by atoms with Crippen LogP contribution in [0.2, 0.25) is 5.02 Å². The van der Waals surface area contributed by atoms with Crippen LogP contribution in [-0.4, -0.2) is 19.0 Å². The van der Waals surface area contributed by atoms with Gasteiger partial charge in [-0.25, -0.2) is 4.79 Å². The van der Waals surface area contributed by atoms with Gasteiger partial charge in [0.15, 0.2) is 0 Å². The fourth-order valence-electron chi connectivity index (χ4n) is 1.17. The van der Waals surface area contributed by atoms with E-state index < -0.39 is 11.9 Å². The summed E-state index contributed by atoms with van der Waals surface area (Å²) in [6.07, 6.45) is 2.14. The number of hydrogen-bond acceptors (Lipinski definition) is 3. The number of nitrogens with one attached hydrogen (secondary N) is 1. The number of esters is 1. The molecule has 17 heavy (non-hydrogen) atoms.